The van der Waals surface area contributed by atoms with E-state index in [1.807, 2.05) is 0 Å². The van der Waals surface area contributed by atoms with Gasteiger partial charge in [-0.25, -0.2) is 9.59 Å². The second kappa shape index (κ2) is 8.51. The van der Waals surface area contributed by atoms with Crippen molar-refractivity contribution in [3.05, 3.63) is 38.8 Å². The first kappa shape index (κ1) is 20.1. The maximum atomic E-state index is 11.1. The molecule has 119 valence electrons. The van der Waals surface area contributed by atoms with E-state index in [2.05, 4.69) is 0 Å². The molecule has 0 saturated heterocycles. The summed E-state index contributed by atoms with van der Waals surface area (Å²) in [7, 11) is 0. The van der Waals surface area contributed by atoms with Crippen LogP contribution >= 0.6 is 34.8 Å². The van der Waals surface area contributed by atoms with Crippen molar-refractivity contribution in [1.29, 1.82) is 0 Å². The summed E-state index contributed by atoms with van der Waals surface area (Å²) in [6, 6.07) is 2.56. The number of hydrogen-bond donors (Lipinski definition) is 2. The van der Waals surface area contributed by atoms with E-state index in [0.29, 0.717) is 0 Å². The van der Waals surface area contributed by atoms with Gasteiger partial charge >= 0.3 is 11.9 Å². The Bertz CT molecular complexity index is 589. The Hall–Kier alpha value is -0.911. The normalized spacial score (nSPS) is 12.3. The maximum Gasteiger partial charge on any atom is 0.349 e. The van der Waals surface area contributed by atoms with Gasteiger partial charge in [0.25, 0.3) is 0 Å². The Morgan fingerprint density at radius 3 is 2.14 bits per heavy atom. The standard InChI is InChI=1S/C12H9Cl3O5.Cu/c1-5(11(16)17)2-10(12(18)19)20-9-4-7(14)6(13)3-8(9)15;/h2-4,10H,1H3,(H,16,17)(H,18,19);. The fraction of sp³-hybridized carbons (Fsp3) is 0.167. The van der Waals surface area contributed by atoms with E-state index >= 15 is 0 Å². The fourth-order valence-electron chi connectivity index (χ4n) is 1.19. The van der Waals surface area contributed by atoms with E-state index in [9.17, 15) is 9.59 Å². The maximum absolute atomic E-state index is 11.1. The Labute approximate surface area is 145 Å². The summed E-state index contributed by atoms with van der Waals surface area (Å²) in [5.74, 6) is -2.63. The summed E-state index contributed by atoms with van der Waals surface area (Å²) in [5, 5.41) is 18.1. The molecule has 5 nitrogen and oxygen atoms in total. The molecule has 1 aromatic rings. The van der Waals surface area contributed by atoms with Crippen molar-refractivity contribution in [2.45, 2.75) is 13.0 Å². The Morgan fingerprint density at radius 1 is 1.14 bits per heavy atom. The van der Waals surface area contributed by atoms with E-state index in [4.69, 9.17) is 49.8 Å². The third-order valence-electron chi connectivity index (χ3n) is 2.21. The van der Waals surface area contributed by atoms with E-state index in [-0.39, 0.29) is 43.5 Å². The zero-order chi connectivity index (χ0) is 15.4. The molecule has 1 unspecified atom stereocenters. The van der Waals surface area contributed by atoms with Crippen molar-refractivity contribution in [2.24, 2.45) is 0 Å². The summed E-state index contributed by atoms with van der Waals surface area (Å²) < 4.78 is 5.15. The number of benzene rings is 1. The van der Waals surface area contributed by atoms with E-state index in [0.717, 1.165) is 6.08 Å². The average Bonchev–Trinajstić information content (AvgIpc) is 2.34. The summed E-state index contributed by atoms with van der Waals surface area (Å²) >= 11 is 17.4. The second-order valence-corrected chi connectivity index (χ2v) is 4.95. The van der Waals surface area contributed by atoms with Crippen molar-refractivity contribution in [3.63, 3.8) is 0 Å². The minimum atomic E-state index is -1.51. The zero-order valence-electron chi connectivity index (χ0n) is 10.4. The van der Waals surface area contributed by atoms with Crippen LogP contribution in [-0.4, -0.2) is 28.3 Å². The van der Waals surface area contributed by atoms with Crippen LogP contribution in [0.1, 0.15) is 6.92 Å². The summed E-state index contributed by atoms with van der Waals surface area (Å²) in [6.07, 6.45) is -0.565. The molecule has 0 aliphatic rings. The van der Waals surface area contributed by atoms with Gasteiger partial charge in [-0.3, -0.25) is 0 Å². The van der Waals surface area contributed by atoms with Crippen molar-refractivity contribution >= 4 is 46.7 Å². The summed E-state index contributed by atoms with van der Waals surface area (Å²) in [6.45, 7) is 1.25. The molecule has 0 fully saturated rings. The van der Waals surface area contributed by atoms with Gasteiger partial charge in [0.15, 0.2) is 0 Å². The Kier molecular flexibility index (Phi) is 8.14. The molecule has 1 radical (unpaired) electrons. The van der Waals surface area contributed by atoms with Crippen molar-refractivity contribution in [1.82, 2.24) is 0 Å². The molecule has 0 aliphatic carbocycles. The molecule has 1 rings (SSSR count). The van der Waals surface area contributed by atoms with Gasteiger partial charge in [0, 0.05) is 28.7 Å². The van der Waals surface area contributed by atoms with Crippen LogP contribution in [0.15, 0.2) is 23.8 Å². The second-order valence-electron chi connectivity index (χ2n) is 3.73. The molecule has 0 aliphatic heterocycles. The molecule has 0 bridgehead atoms. The molecular formula is C12H9Cl3CuO5. The summed E-state index contributed by atoms with van der Waals surface area (Å²) in [4.78, 5) is 21.8. The molecule has 0 saturated carbocycles. The third kappa shape index (κ3) is 5.77. The first-order valence-corrected chi connectivity index (χ1v) is 6.31. The molecule has 21 heavy (non-hydrogen) atoms. The molecule has 1 aromatic carbocycles. The largest absolute Gasteiger partial charge is 0.478 e. The first-order valence-electron chi connectivity index (χ1n) is 5.18. The van der Waals surface area contributed by atoms with Crippen molar-refractivity contribution in [3.8, 4) is 5.75 Å². The molecule has 9 heteroatoms. The van der Waals surface area contributed by atoms with Gasteiger partial charge in [-0.2, -0.15) is 0 Å². The monoisotopic (exact) mass is 401 g/mol. The van der Waals surface area contributed by atoms with Crippen LogP contribution in [0.4, 0.5) is 0 Å². The predicted molar refractivity (Wildman–Crippen MR) is 74.9 cm³/mol. The van der Waals surface area contributed by atoms with Crippen LogP contribution in [-0.2, 0) is 26.7 Å². The number of hydrogen-bond acceptors (Lipinski definition) is 3. The van der Waals surface area contributed by atoms with Crippen LogP contribution < -0.4 is 4.74 Å². The first-order chi connectivity index (χ1) is 9.22. The van der Waals surface area contributed by atoms with Crippen molar-refractivity contribution in [2.75, 3.05) is 0 Å². The van der Waals surface area contributed by atoms with Gasteiger partial charge in [0.2, 0.25) is 6.10 Å². The van der Waals surface area contributed by atoms with E-state index < -0.39 is 18.0 Å². The van der Waals surface area contributed by atoms with Gasteiger partial charge in [0.1, 0.15) is 5.75 Å². The van der Waals surface area contributed by atoms with Gasteiger partial charge < -0.3 is 14.9 Å². The quantitative estimate of drug-likeness (QED) is 0.447. The third-order valence-corrected chi connectivity index (χ3v) is 3.23. The fourth-order valence-corrected chi connectivity index (χ4v) is 1.77. The number of carboxylic acids is 2. The number of halogens is 3. The molecule has 2 N–H and O–H groups in total. The van der Waals surface area contributed by atoms with Gasteiger partial charge in [-0.15, -0.1) is 0 Å². The number of aliphatic carboxylic acids is 2. The number of rotatable bonds is 5. The molecule has 0 heterocycles. The minimum Gasteiger partial charge on any atom is -0.478 e. The van der Waals surface area contributed by atoms with Crippen LogP contribution in [0.5, 0.6) is 5.75 Å². The van der Waals surface area contributed by atoms with Crippen molar-refractivity contribution < 1.29 is 41.6 Å². The van der Waals surface area contributed by atoms with Gasteiger partial charge in [-0.05, 0) is 19.1 Å². The van der Waals surface area contributed by atoms with Gasteiger partial charge in [0.05, 0.1) is 15.1 Å². The number of carboxylic acid groups (broad SMARTS) is 2. The van der Waals surface area contributed by atoms with Crippen LogP contribution in [0.2, 0.25) is 15.1 Å². The van der Waals surface area contributed by atoms with Crippen LogP contribution in [0, 0.1) is 0 Å². The minimum absolute atomic E-state index is 0. The van der Waals surface area contributed by atoms with E-state index in [1.54, 1.807) is 0 Å². The van der Waals surface area contributed by atoms with Crippen LogP contribution in [0.3, 0.4) is 0 Å². The topological polar surface area (TPSA) is 83.8 Å². The van der Waals surface area contributed by atoms with E-state index in [1.165, 1.54) is 19.1 Å². The molecule has 1 atom stereocenters. The average molecular weight is 403 g/mol. The summed E-state index contributed by atoms with van der Waals surface area (Å²) in [5.41, 5.74) is -0.173. The predicted octanol–water partition coefficient (Wildman–Crippen LogP) is 3.51. The van der Waals surface area contributed by atoms with Gasteiger partial charge in [-0.1, -0.05) is 34.8 Å². The molecular weight excluding hydrogens is 394 g/mol. The number of carbonyl (C=O) groups is 2. The Balaban J connectivity index is 0.00000400. The number of ether oxygens (including phenoxy) is 1. The Morgan fingerprint density at radius 2 is 1.67 bits per heavy atom. The smallest absolute Gasteiger partial charge is 0.349 e. The molecule has 0 aromatic heterocycles. The SMILES string of the molecule is CC(=CC(Oc1cc(Cl)c(Cl)cc1Cl)C(=O)O)C(=O)O.[Cu]. The molecule has 0 amide bonds. The molecule has 0 spiro atoms. The zero-order valence-corrected chi connectivity index (χ0v) is 13.6. The van der Waals surface area contributed by atoms with Crippen LogP contribution in [0.25, 0.3) is 0 Å².